The van der Waals surface area contributed by atoms with Crippen LogP contribution in [-0.2, 0) is 5.41 Å². The molecule has 3 unspecified atom stereocenters. The lowest BCUT2D eigenvalue weighted by atomic mass is 9.80. The van der Waals surface area contributed by atoms with E-state index in [0.717, 1.165) is 25.1 Å². The molecule has 1 aromatic heterocycles. The van der Waals surface area contributed by atoms with Gasteiger partial charge in [-0.3, -0.25) is 10.4 Å². The SMILES string of the molecule is CC(CN)CC(C)c1cc(C(C)(C)CC(C)SC(=N)N)ccn1. The van der Waals surface area contributed by atoms with E-state index >= 15 is 0 Å². The van der Waals surface area contributed by atoms with Crippen LogP contribution in [0.5, 0.6) is 0 Å². The molecule has 0 spiro atoms. The van der Waals surface area contributed by atoms with Crippen LogP contribution in [0.2, 0.25) is 0 Å². The van der Waals surface area contributed by atoms with E-state index in [1.807, 2.05) is 6.20 Å². The summed E-state index contributed by atoms with van der Waals surface area (Å²) < 4.78 is 0. The summed E-state index contributed by atoms with van der Waals surface area (Å²) in [6.45, 7) is 11.7. The number of nitrogens with one attached hydrogen (secondary N) is 1. The third-order valence-electron chi connectivity index (χ3n) is 4.35. The highest BCUT2D eigenvalue weighted by Gasteiger charge is 2.25. The Morgan fingerprint density at radius 1 is 1.35 bits per heavy atom. The van der Waals surface area contributed by atoms with Gasteiger partial charge in [-0.15, -0.1) is 0 Å². The summed E-state index contributed by atoms with van der Waals surface area (Å²) in [5.41, 5.74) is 13.7. The van der Waals surface area contributed by atoms with Gasteiger partial charge in [0.05, 0.1) is 0 Å². The van der Waals surface area contributed by atoms with E-state index in [9.17, 15) is 0 Å². The van der Waals surface area contributed by atoms with Crippen molar-refractivity contribution in [3.05, 3.63) is 29.6 Å². The van der Waals surface area contributed by atoms with Crippen LogP contribution in [0.4, 0.5) is 0 Å². The number of nitrogens with zero attached hydrogens (tertiary/aromatic N) is 1. The fourth-order valence-electron chi connectivity index (χ4n) is 3.05. The minimum atomic E-state index is 0.0265. The van der Waals surface area contributed by atoms with Crippen molar-refractivity contribution in [1.82, 2.24) is 4.98 Å². The number of rotatable bonds is 8. The molecule has 3 atom stereocenters. The normalized spacial score (nSPS) is 15.9. The maximum absolute atomic E-state index is 7.43. The van der Waals surface area contributed by atoms with Gasteiger partial charge in [0.25, 0.3) is 0 Å². The maximum Gasteiger partial charge on any atom is 0.151 e. The van der Waals surface area contributed by atoms with E-state index in [1.54, 1.807) is 0 Å². The zero-order valence-electron chi connectivity index (χ0n) is 15.1. The van der Waals surface area contributed by atoms with E-state index in [4.69, 9.17) is 16.9 Å². The van der Waals surface area contributed by atoms with Crippen molar-refractivity contribution in [3.63, 3.8) is 0 Å². The van der Waals surface area contributed by atoms with E-state index in [1.165, 1.54) is 17.3 Å². The fourth-order valence-corrected chi connectivity index (χ4v) is 3.99. The molecule has 1 rings (SSSR count). The Kier molecular flexibility index (Phi) is 7.55. The second kappa shape index (κ2) is 8.69. The van der Waals surface area contributed by atoms with Gasteiger partial charge in [0.1, 0.15) is 0 Å². The number of amidine groups is 1. The van der Waals surface area contributed by atoms with E-state index in [-0.39, 0.29) is 10.6 Å². The maximum atomic E-state index is 7.43. The standard InChI is InChI=1S/C18H32N4S/c1-12(11-19)8-13(2)16-9-15(6-7-22-16)18(4,5)10-14(3)23-17(20)21/h6-7,9,12-14H,8,10-11,19H2,1-5H3,(H3,20,21). The van der Waals surface area contributed by atoms with Gasteiger partial charge in [0, 0.05) is 17.1 Å². The molecular formula is C18H32N4S. The Balaban J connectivity index is 2.87. The van der Waals surface area contributed by atoms with Gasteiger partial charge in [-0.25, -0.2) is 0 Å². The lowest BCUT2D eigenvalue weighted by molar-refractivity contribution is 0.471. The fraction of sp³-hybridized carbons (Fsp3) is 0.667. The summed E-state index contributed by atoms with van der Waals surface area (Å²) in [5, 5.41) is 7.93. The second-order valence-corrected chi connectivity index (χ2v) is 8.81. The molecule has 0 fully saturated rings. The first kappa shape index (κ1) is 20.0. The van der Waals surface area contributed by atoms with E-state index in [2.05, 4.69) is 51.7 Å². The van der Waals surface area contributed by atoms with Crippen molar-refractivity contribution in [3.8, 4) is 0 Å². The predicted molar refractivity (Wildman–Crippen MR) is 102 cm³/mol. The Labute approximate surface area is 145 Å². The highest BCUT2D eigenvalue weighted by molar-refractivity contribution is 8.14. The predicted octanol–water partition coefficient (Wildman–Crippen LogP) is 3.85. The van der Waals surface area contributed by atoms with Crippen LogP contribution in [0.1, 0.15) is 64.6 Å². The van der Waals surface area contributed by atoms with Gasteiger partial charge >= 0.3 is 0 Å². The topological polar surface area (TPSA) is 88.8 Å². The molecule has 1 aromatic rings. The van der Waals surface area contributed by atoms with Crippen molar-refractivity contribution in [1.29, 1.82) is 5.41 Å². The molecule has 23 heavy (non-hydrogen) atoms. The molecule has 1 heterocycles. The minimum absolute atomic E-state index is 0.0265. The average molecular weight is 337 g/mol. The lowest BCUT2D eigenvalue weighted by Crippen LogP contribution is -2.24. The van der Waals surface area contributed by atoms with Crippen LogP contribution in [0, 0.1) is 11.3 Å². The Morgan fingerprint density at radius 2 is 2.00 bits per heavy atom. The van der Waals surface area contributed by atoms with Crippen LogP contribution >= 0.6 is 11.8 Å². The quantitative estimate of drug-likeness (QED) is 0.497. The van der Waals surface area contributed by atoms with Crippen molar-refractivity contribution < 1.29 is 0 Å². The van der Waals surface area contributed by atoms with Gasteiger partial charge < -0.3 is 11.5 Å². The number of hydrogen-bond donors (Lipinski definition) is 3. The summed E-state index contributed by atoms with van der Waals surface area (Å²) in [4.78, 5) is 4.57. The zero-order valence-corrected chi connectivity index (χ0v) is 15.9. The number of hydrogen-bond acceptors (Lipinski definition) is 4. The highest BCUT2D eigenvalue weighted by atomic mass is 32.2. The first-order valence-electron chi connectivity index (χ1n) is 8.33. The highest BCUT2D eigenvalue weighted by Crippen LogP contribution is 2.33. The summed E-state index contributed by atoms with van der Waals surface area (Å²) in [7, 11) is 0. The van der Waals surface area contributed by atoms with Crippen molar-refractivity contribution in [2.75, 3.05) is 6.54 Å². The molecular weight excluding hydrogens is 304 g/mol. The smallest absolute Gasteiger partial charge is 0.151 e. The number of pyridine rings is 1. The Morgan fingerprint density at radius 3 is 2.57 bits per heavy atom. The van der Waals surface area contributed by atoms with E-state index < -0.39 is 0 Å². The van der Waals surface area contributed by atoms with Gasteiger partial charge in [0.2, 0.25) is 0 Å². The minimum Gasteiger partial charge on any atom is -0.379 e. The van der Waals surface area contributed by atoms with Crippen LogP contribution in [0.25, 0.3) is 0 Å². The van der Waals surface area contributed by atoms with E-state index in [0.29, 0.717) is 17.1 Å². The molecule has 0 aliphatic heterocycles. The molecule has 4 nitrogen and oxygen atoms in total. The molecule has 0 saturated carbocycles. The summed E-state index contributed by atoms with van der Waals surface area (Å²) in [6.07, 6.45) is 3.94. The van der Waals surface area contributed by atoms with Crippen molar-refractivity contribution >= 4 is 16.9 Å². The number of aromatic nitrogens is 1. The monoisotopic (exact) mass is 336 g/mol. The second-order valence-electron chi connectivity index (χ2n) is 7.33. The van der Waals surface area contributed by atoms with Crippen LogP contribution < -0.4 is 11.5 Å². The van der Waals surface area contributed by atoms with Crippen LogP contribution in [0.3, 0.4) is 0 Å². The molecule has 130 valence electrons. The number of nitrogens with two attached hydrogens (primary N) is 2. The van der Waals surface area contributed by atoms with Crippen LogP contribution in [-0.4, -0.2) is 21.9 Å². The van der Waals surface area contributed by atoms with Crippen LogP contribution in [0.15, 0.2) is 18.3 Å². The first-order valence-corrected chi connectivity index (χ1v) is 9.20. The first-order chi connectivity index (χ1) is 10.7. The van der Waals surface area contributed by atoms with Crippen molar-refractivity contribution in [2.45, 2.75) is 64.0 Å². The van der Waals surface area contributed by atoms with Gasteiger partial charge in [-0.1, -0.05) is 46.4 Å². The van der Waals surface area contributed by atoms with Gasteiger partial charge in [-0.2, -0.15) is 0 Å². The van der Waals surface area contributed by atoms with Crippen molar-refractivity contribution in [2.24, 2.45) is 17.4 Å². The third-order valence-corrected chi connectivity index (χ3v) is 5.17. The average Bonchev–Trinajstić information content (AvgIpc) is 2.45. The summed E-state index contributed by atoms with van der Waals surface area (Å²) in [5.74, 6) is 0.920. The lowest BCUT2D eigenvalue weighted by Gasteiger charge is -2.29. The molecule has 5 heteroatoms. The molecule has 5 N–H and O–H groups in total. The zero-order chi connectivity index (χ0) is 17.6. The number of thioether (sulfide) groups is 1. The molecule has 0 saturated heterocycles. The summed E-state index contributed by atoms with van der Waals surface area (Å²) in [6, 6.07) is 4.34. The molecule has 0 radical (unpaired) electrons. The Bertz CT molecular complexity index is 515. The largest absolute Gasteiger partial charge is 0.379 e. The molecule has 0 aliphatic rings. The van der Waals surface area contributed by atoms with Gasteiger partial charge in [-0.05, 0) is 54.3 Å². The Hall–Kier alpha value is -1.07. The summed E-state index contributed by atoms with van der Waals surface area (Å²) >= 11 is 1.43. The molecule has 0 aromatic carbocycles. The molecule has 0 amide bonds. The third kappa shape index (κ3) is 6.51. The van der Waals surface area contributed by atoms with Gasteiger partial charge in [0.15, 0.2) is 5.17 Å². The molecule has 0 bridgehead atoms. The molecule has 0 aliphatic carbocycles.